The molecule has 1 aromatic heterocycles. The summed E-state index contributed by atoms with van der Waals surface area (Å²) in [5, 5.41) is 10.9. The molecule has 0 spiro atoms. The zero-order valence-corrected chi connectivity index (χ0v) is 18.0. The van der Waals surface area contributed by atoms with E-state index < -0.39 is 36.3 Å². The molecule has 0 aliphatic carbocycles. The van der Waals surface area contributed by atoms with Gasteiger partial charge in [-0.3, -0.25) is 10.2 Å². The van der Waals surface area contributed by atoms with Gasteiger partial charge < -0.3 is 14.6 Å². The second-order valence-corrected chi connectivity index (χ2v) is 7.49. The number of aliphatic hydroxyl groups is 1. The number of carbonyl (C=O) groups is 1. The first kappa shape index (κ1) is 23.3. The van der Waals surface area contributed by atoms with Crippen molar-refractivity contribution in [3.63, 3.8) is 0 Å². The van der Waals surface area contributed by atoms with Gasteiger partial charge in [-0.15, -0.1) is 0 Å². The molecule has 2 aromatic carbocycles. The Kier molecular flexibility index (Phi) is 6.05. The molecule has 2 heterocycles. The van der Waals surface area contributed by atoms with Crippen molar-refractivity contribution in [1.82, 2.24) is 15.4 Å². The Bertz CT molecular complexity index is 1300. The Hall–Kier alpha value is -3.86. The van der Waals surface area contributed by atoms with E-state index in [-0.39, 0.29) is 21.7 Å². The van der Waals surface area contributed by atoms with E-state index in [1.807, 2.05) is 5.43 Å². The number of hydrazine groups is 1. The molecule has 1 saturated heterocycles. The number of nitrogens with zero attached hydrogens (tertiary/aromatic N) is 2. The van der Waals surface area contributed by atoms with E-state index in [1.54, 1.807) is 36.4 Å². The smallest absolute Gasteiger partial charge is 0.291 e. The highest BCUT2D eigenvalue weighted by Crippen LogP contribution is 2.37. The van der Waals surface area contributed by atoms with E-state index >= 15 is 0 Å². The van der Waals surface area contributed by atoms with Crippen LogP contribution in [0.1, 0.15) is 16.8 Å². The highest BCUT2D eigenvalue weighted by atomic mass is 19.3. The largest absolute Gasteiger partial charge is 0.493 e. The maximum absolute atomic E-state index is 13.7. The summed E-state index contributed by atoms with van der Waals surface area (Å²) in [6.07, 6.45) is -6.97. The Morgan fingerprint density at radius 2 is 1.82 bits per heavy atom. The van der Waals surface area contributed by atoms with Gasteiger partial charge in [-0.25, -0.2) is 18.8 Å². The molecule has 1 fully saturated rings. The number of ether oxygens (including phenoxy) is 2. The number of benzene rings is 2. The van der Waals surface area contributed by atoms with Crippen LogP contribution in [0.15, 0.2) is 60.3 Å². The number of aromatic nitrogens is 1. The first-order chi connectivity index (χ1) is 16.2. The number of fused-ring (bicyclic) bond motifs is 1. The van der Waals surface area contributed by atoms with Gasteiger partial charge in [-0.1, -0.05) is 18.2 Å². The van der Waals surface area contributed by atoms with Crippen LogP contribution in [0.4, 0.5) is 17.6 Å². The van der Waals surface area contributed by atoms with Crippen molar-refractivity contribution in [3.05, 3.63) is 65.9 Å². The van der Waals surface area contributed by atoms with Crippen molar-refractivity contribution in [2.75, 3.05) is 14.2 Å². The predicted octanol–water partition coefficient (Wildman–Crippen LogP) is 4.33. The summed E-state index contributed by atoms with van der Waals surface area (Å²) < 4.78 is 64.2. The summed E-state index contributed by atoms with van der Waals surface area (Å²) in [4.78, 5) is 17.9. The van der Waals surface area contributed by atoms with Gasteiger partial charge in [-0.05, 0) is 30.3 Å². The lowest BCUT2D eigenvalue weighted by Gasteiger charge is -2.31. The third kappa shape index (κ3) is 3.87. The summed E-state index contributed by atoms with van der Waals surface area (Å²) in [6.45, 7) is 0. The van der Waals surface area contributed by atoms with Crippen LogP contribution in [0.25, 0.3) is 22.2 Å². The molecule has 1 aliphatic heterocycles. The summed E-state index contributed by atoms with van der Waals surface area (Å²) in [7, 11) is 2.92. The fourth-order valence-corrected chi connectivity index (χ4v) is 3.74. The van der Waals surface area contributed by atoms with Crippen molar-refractivity contribution in [1.29, 1.82) is 0 Å². The van der Waals surface area contributed by atoms with E-state index in [2.05, 4.69) is 4.98 Å². The zero-order chi connectivity index (χ0) is 24.6. The van der Waals surface area contributed by atoms with Gasteiger partial charge >= 0.3 is 0 Å². The lowest BCUT2D eigenvalue weighted by Crippen LogP contribution is -2.55. The van der Waals surface area contributed by atoms with Crippen molar-refractivity contribution >= 4 is 16.8 Å². The molecule has 1 atom stereocenters. The van der Waals surface area contributed by atoms with Gasteiger partial charge in [0.15, 0.2) is 11.5 Å². The summed E-state index contributed by atoms with van der Waals surface area (Å²) in [6, 6.07) is 12.7. The molecule has 0 radical (unpaired) electrons. The number of halogens is 4. The minimum Gasteiger partial charge on any atom is -0.493 e. The van der Waals surface area contributed by atoms with Gasteiger partial charge in [0.25, 0.3) is 18.4 Å². The third-order valence-corrected chi connectivity index (χ3v) is 5.48. The van der Waals surface area contributed by atoms with Gasteiger partial charge in [0.1, 0.15) is 5.70 Å². The molecule has 7 nitrogen and oxygen atoms in total. The standard InChI is InChI=1S/C23H19F4N3O4/c1-33-18-8-7-12(9-19(18)34-2)16-10-14(13-5-3-4-6-15(13)28-16)21(31)30-23(32,22(26)27)11-17(29-30)20(24)25/h3-10,22,29,32H,11H2,1-2H3. The lowest BCUT2D eigenvalue weighted by molar-refractivity contribution is -0.168. The molecule has 1 unspecified atom stereocenters. The Balaban J connectivity index is 1.88. The van der Waals surface area contributed by atoms with Crippen molar-refractivity contribution in [2.45, 2.75) is 18.6 Å². The van der Waals surface area contributed by atoms with Gasteiger partial charge in [0.2, 0.25) is 5.72 Å². The molecule has 1 amide bonds. The molecule has 0 bridgehead atoms. The van der Waals surface area contributed by atoms with Crippen molar-refractivity contribution in [3.8, 4) is 22.8 Å². The maximum Gasteiger partial charge on any atom is 0.291 e. The van der Waals surface area contributed by atoms with Crippen LogP contribution < -0.4 is 14.9 Å². The van der Waals surface area contributed by atoms with Crippen LogP contribution in [0, 0.1) is 0 Å². The second kappa shape index (κ2) is 8.82. The van der Waals surface area contributed by atoms with Crippen LogP contribution in [0.2, 0.25) is 0 Å². The van der Waals surface area contributed by atoms with Gasteiger partial charge in [-0.2, -0.15) is 8.78 Å². The third-order valence-electron chi connectivity index (χ3n) is 5.48. The highest BCUT2D eigenvalue weighted by molar-refractivity contribution is 6.07. The summed E-state index contributed by atoms with van der Waals surface area (Å²) in [5.41, 5.74) is -1.15. The number of alkyl halides is 2. The summed E-state index contributed by atoms with van der Waals surface area (Å²) in [5.74, 6) is -0.275. The number of carbonyl (C=O) groups excluding carboxylic acids is 1. The van der Waals surface area contributed by atoms with Crippen LogP contribution in [-0.2, 0) is 0 Å². The Morgan fingerprint density at radius 3 is 2.47 bits per heavy atom. The topological polar surface area (TPSA) is 83.9 Å². The van der Waals surface area contributed by atoms with E-state index in [0.717, 1.165) is 0 Å². The number of nitrogens with one attached hydrogen (secondary N) is 1. The number of pyridine rings is 1. The number of rotatable bonds is 5. The molecule has 34 heavy (non-hydrogen) atoms. The van der Waals surface area contributed by atoms with E-state index in [0.29, 0.717) is 22.6 Å². The molecular formula is C23H19F4N3O4. The highest BCUT2D eigenvalue weighted by Gasteiger charge is 2.53. The number of hydrogen-bond acceptors (Lipinski definition) is 6. The SMILES string of the molecule is COc1ccc(-c2cc(C(=O)N3NC(=C(F)F)CC3(O)C(F)F)c3ccccc3n2)cc1OC. The second-order valence-electron chi connectivity index (χ2n) is 7.49. The van der Waals surface area contributed by atoms with Crippen molar-refractivity contribution in [2.24, 2.45) is 0 Å². The van der Waals surface area contributed by atoms with Crippen LogP contribution in [0.3, 0.4) is 0 Å². The zero-order valence-electron chi connectivity index (χ0n) is 18.0. The van der Waals surface area contributed by atoms with Crippen molar-refractivity contribution < 1.29 is 36.9 Å². The first-order valence-corrected chi connectivity index (χ1v) is 9.97. The molecule has 3 aromatic rings. The monoisotopic (exact) mass is 477 g/mol. The molecule has 178 valence electrons. The number of methoxy groups -OCH3 is 2. The lowest BCUT2D eigenvalue weighted by atomic mass is 10.0. The van der Waals surface area contributed by atoms with Crippen LogP contribution in [-0.4, -0.2) is 47.4 Å². The molecule has 4 rings (SSSR count). The number of amides is 1. The minimum absolute atomic E-state index is 0.123. The van der Waals surface area contributed by atoms with Gasteiger partial charge in [0.05, 0.1) is 37.4 Å². The van der Waals surface area contributed by atoms with E-state index in [1.165, 1.54) is 26.4 Å². The molecular weight excluding hydrogens is 458 g/mol. The van der Waals surface area contributed by atoms with Crippen LogP contribution in [0.5, 0.6) is 11.5 Å². The fraction of sp³-hybridized carbons (Fsp3) is 0.217. The predicted molar refractivity (Wildman–Crippen MR) is 114 cm³/mol. The first-order valence-electron chi connectivity index (χ1n) is 9.97. The molecule has 2 N–H and O–H groups in total. The maximum atomic E-state index is 13.7. The average Bonchev–Trinajstić information content (AvgIpc) is 3.21. The van der Waals surface area contributed by atoms with Gasteiger partial charge in [0, 0.05) is 10.9 Å². The minimum atomic E-state index is -3.51. The average molecular weight is 477 g/mol. The Labute approximate surface area is 191 Å². The number of hydrogen-bond donors (Lipinski definition) is 2. The Morgan fingerprint density at radius 1 is 1.12 bits per heavy atom. The summed E-state index contributed by atoms with van der Waals surface area (Å²) >= 11 is 0. The van der Waals surface area contributed by atoms with E-state index in [4.69, 9.17) is 9.47 Å². The number of para-hydroxylation sites is 1. The molecule has 0 saturated carbocycles. The fourth-order valence-electron chi connectivity index (χ4n) is 3.74. The molecule has 11 heteroatoms. The van der Waals surface area contributed by atoms with Crippen LogP contribution >= 0.6 is 0 Å². The normalized spacial score (nSPS) is 17.8. The molecule has 1 aliphatic rings. The quantitative estimate of drug-likeness (QED) is 0.533. The van der Waals surface area contributed by atoms with E-state index in [9.17, 15) is 27.5 Å².